The standard InChI is InChI=1S/2C25H35BBrN2O3P.2C5H10.2CH3.2Fe/c2*1-31-16-14-28-23-12-5-6-13-24(23)29(15-17-32-2)33(28,26)20-9-7-8-19(18-20)25(30)21-10-3-4-11-22(21)27;2*1-2-4-5-3-1;;;;/h2*3-4,7-11,18,20,23-25,30H,5-6,12-17H2,1-2H3;2*1-5H2;2*1H3;;/q;;;;2*-1;2*+2/t20?,23-,24-,25+;20?,23-,24-,25-;;;;;;/m11....../s1. The molecule has 10 rings (SSSR count). The average molecular weight is 1350 g/mol. The van der Waals surface area contributed by atoms with Gasteiger partial charge in [-0.15, -0.1) is 12.2 Å². The number of methoxy groups -OCH3 is 4. The van der Waals surface area contributed by atoms with Crippen molar-refractivity contribution in [3.63, 3.8) is 0 Å². The van der Waals surface area contributed by atoms with Gasteiger partial charge in [0, 0.05) is 37.4 Å². The van der Waals surface area contributed by atoms with Gasteiger partial charge in [-0.05, 0) is 48.9 Å². The van der Waals surface area contributed by atoms with Gasteiger partial charge in [0.2, 0.25) is 0 Å². The molecule has 2 unspecified atom stereocenters. The smallest absolute Gasteiger partial charge is 0.387 e. The Hall–Kier alpha value is -0.271. The molecule has 0 bridgehead atoms. The number of benzene rings is 2. The summed E-state index contributed by atoms with van der Waals surface area (Å²) in [4.78, 5) is 0. The molecule has 8 aliphatic rings. The quantitative estimate of drug-likeness (QED) is 0.0854. The molecule has 0 amide bonds. The predicted molar refractivity (Wildman–Crippen MR) is 340 cm³/mol. The normalized spacial score (nSPS) is 26.3. The fraction of sp³-hybridized carbons (Fsp3) is 0.613. The molecule has 6 fully saturated rings. The number of nitrogens with zero attached hydrogens (tertiary/aromatic N) is 4. The van der Waals surface area contributed by atoms with Gasteiger partial charge in [0.05, 0.1) is 115 Å². The number of hydrogen-bond donors (Lipinski definition) is 2. The van der Waals surface area contributed by atoms with Crippen molar-refractivity contribution in [1.29, 1.82) is 0 Å². The second kappa shape index (κ2) is 38.1. The van der Waals surface area contributed by atoms with Gasteiger partial charge in [0.15, 0.2) is 0 Å². The minimum Gasteiger partial charge on any atom is -0.387 e. The monoisotopic (exact) mass is 1350 g/mol. The Kier molecular flexibility index (Phi) is 35.2. The van der Waals surface area contributed by atoms with E-state index in [1.807, 2.05) is 60.7 Å². The average Bonchev–Trinajstić information content (AvgIpc) is 4.40. The first-order chi connectivity index (χ1) is 37.0. The number of ether oxygens (including phenoxy) is 4. The molecule has 4 radical (unpaired) electrons. The van der Waals surface area contributed by atoms with Crippen LogP contribution in [0.1, 0.15) is 139 Å². The maximum absolute atomic E-state index is 11.2. The molecule has 80 heavy (non-hydrogen) atoms. The number of fused-ring (bicyclic) bond motifs is 2. The zero-order chi connectivity index (χ0) is 53.9. The minimum atomic E-state index is -2.26. The molecule has 6 aliphatic carbocycles. The fourth-order valence-electron chi connectivity index (χ4n) is 13.1. The molecule has 8 atom stereocenters. The van der Waals surface area contributed by atoms with E-state index in [2.05, 4.69) is 87.7 Å². The van der Waals surface area contributed by atoms with Crippen molar-refractivity contribution in [2.24, 2.45) is 0 Å². The number of halogens is 2. The van der Waals surface area contributed by atoms with Gasteiger partial charge in [-0.1, -0.05) is 170 Å². The molecule has 2 heterocycles. The molecule has 4 saturated carbocycles. The fourth-order valence-corrected chi connectivity index (χ4v) is 22.1. The molecule has 2 N–H and O–H groups in total. The van der Waals surface area contributed by atoms with Crippen LogP contribution in [-0.4, -0.2) is 161 Å². The van der Waals surface area contributed by atoms with Crippen molar-refractivity contribution in [3.8, 4) is 0 Å². The van der Waals surface area contributed by atoms with Crippen molar-refractivity contribution < 1.29 is 63.3 Å². The van der Waals surface area contributed by atoms with Crippen LogP contribution in [0.15, 0.2) is 105 Å². The second-order valence-corrected chi connectivity index (χ2v) is 29.4. The topological polar surface area (TPSA) is 90.3 Å². The van der Waals surface area contributed by atoms with Crippen LogP contribution < -0.4 is 0 Å². The largest absolute Gasteiger partial charge is 2.00 e. The first kappa shape index (κ1) is 74.0. The first-order valence-electron chi connectivity index (χ1n) is 28.7. The summed E-state index contributed by atoms with van der Waals surface area (Å²) in [6.07, 6.45) is 40.3. The molecule has 10 nitrogen and oxygen atoms in total. The van der Waals surface area contributed by atoms with E-state index in [1.165, 1.54) is 116 Å². The SMILES string of the molecule is C1CCCC1.C1CCCC1.[B][P+]1(C2C=CC=C([C@@H](O)c3ccccc3Br)[CH-]2)N(CCOC)[C@@H]2CCCC[C@H]2N1CCOC.[B][P+]1(C2C=CC=C([C@H](O)c3ccccc3Br)[CH-]2)N(CCOC)[C@@H]2CCCC[C@H]2N1CCOC.[CH3-].[CH3-].[Fe+2].[Fe+2]. The van der Waals surface area contributed by atoms with E-state index in [4.69, 9.17) is 34.1 Å². The third kappa shape index (κ3) is 18.4. The number of rotatable bonds is 18. The van der Waals surface area contributed by atoms with Crippen LogP contribution >= 0.6 is 46.7 Å². The zero-order valence-corrected chi connectivity index (χ0v) is 56.2. The van der Waals surface area contributed by atoms with Crippen molar-refractivity contribution in [1.82, 2.24) is 18.7 Å². The third-order valence-electron chi connectivity index (χ3n) is 17.0. The van der Waals surface area contributed by atoms with Gasteiger partial charge in [-0.25, -0.2) is 12.2 Å². The van der Waals surface area contributed by atoms with Gasteiger partial charge in [-0.3, -0.25) is 0 Å². The number of aliphatic hydroxyl groups excluding tert-OH is 2. The maximum atomic E-state index is 11.2. The molecule has 444 valence electrons. The molecular formula is C62H96B2Br2Fe2N4O6P2+2. The number of hydrogen-bond acceptors (Lipinski definition) is 10. The van der Waals surface area contributed by atoms with Gasteiger partial charge >= 0.3 is 49.3 Å². The van der Waals surface area contributed by atoms with E-state index in [9.17, 15) is 10.2 Å². The van der Waals surface area contributed by atoms with Crippen molar-refractivity contribution in [2.45, 2.75) is 163 Å². The first-order valence-corrected chi connectivity index (χ1v) is 34.0. The summed E-state index contributed by atoms with van der Waals surface area (Å²) < 4.78 is 34.1. The molecule has 2 aromatic rings. The van der Waals surface area contributed by atoms with Crippen molar-refractivity contribution >= 4 is 61.9 Å². The van der Waals surface area contributed by atoms with Gasteiger partial charge in [0.25, 0.3) is 0 Å². The van der Waals surface area contributed by atoms with Crippen LogP contribution in [0, 0.1) is 27.7 Å². The van der Waals surface area contributed by atoms with Gasteiger partial charge < -0.3 is 44.0 Å². The maximum Gasteiger partial charge on any atom is 2.00 e. The summed E-state index contributed by atoms with van der Waals surface area (Å²) >= 11 is 7.18. The Morgan fingerprint density at radius 1 is 0.487 bits per heavy atom. The van der Waals surface area contributed by atoms with E-state index < -0.39 is 27.1 Å². The Bertz CT molecular complexity index is 1990. The van der Waals surface area contributed by atoms with E-state index in [0.717, 1.165) is 57.4 Å². The molecule has 0 aromatic heterocycles. The predicted octanol–water partition coefficient (Wildman–Crippen LogP) is 14.2. The van der Waals surface area contributed by atoms with E-state index >= 15 is 0 Å². The molecule has 2 saturated heterocycles. The second-order valence-electron chi connectivity index (χ2n) is 21.7. The Morgan fingerprint density at radius 3 is 1.00 bits per heavy atom. The minimum absolute atomic E-state index is 0. The van der Waals surface area contributed by atoms with Crippen molar-refractivity contribution in [3.05, 3.63) is 144 Å². The van der Waals surface area contributed by atoms with Crippen LogP contribution in [0.5, 0.6) is 0 Å². The summed E-state index contributed by atoms with van der Waals surface area (Å²) in [5.41, 5.74) is 3.60. The molecule has 2 aliphatic heterocycles. The zero-order valence-electron chi connectivity index (χ0n) is 49.1. The van der Waals surface area contributed by atoms with E-state index in [0.29, 0.717) is 50.6 Å². The van der Waals surface area contributed by atoms with Gasteiger partial charge in [-0.2, -0.15) is 42.7 Å². The Balaban J connectivity index is 0.000000341. The molecular weight excluding hydrogens is 1250 g/mol. The summed E-state index contributed by atoms with van der Waals surface area (Å²) in [5, 5.41) is 22.5. The molecule has 0 spiro atoms. The number of allylic oxidation sites excluding steroid dienone is 6. The van der Waals surface area contributed by atoms with Crippen molar-refractivity contribution in [2.75, 3.05) is 81.0 Å². The Morgan fingerprint density at radius 2 is 0.750 bits per heavy atom. The van der Waals surface area contributed by atoms with Crippen LogP contribution in [-0.2, 0) is 53.1 Å². The summed E-state index contributed by atoms with van der Waals surface area (Å²) in [6, 6.07) is 17.5. The van der Waals surface area contributed by atoms with Gasteiger partial charge in [0.1, 0.15) is 0 Å². The molecule has 18 heteroatoms. The van der Waals surface area contributed by atoms with Crippen LogP contribution in [0.4, 0.5) is 0 Å². The van der Waals surface area contributed by atoms with Crippen LogP contribution in [0.2, 0.25) is 0 Å². The third-order valence-corrected chi connectivity index (χ3v) is 26.1. The summed E-state index contributed by atoms with van der Waals surface area (Å²) in [6.45, 7) is 5.98. The van der Waals surface area contributed by atoms with Crippen LogP contribution in [0.3, 0.4) is 0 Å². The summed E-state index contributed by atoms with van der Waals surface area (Å²) in [7, 11) is 17.6. The van der Waals surface area contributed by atoms with E-state index in [-0.39, 0.29) is 60.3 Å². The van der Waals surface area contributed by atoms with Crippen LogP contribution in [0.25, 0.3) is 0 Å². The molecule has 2 aromatic carbocycles. The summed E-state index contributed by atoms with van der Waals surface area (Å²) in [5.74, 6) is 0. The van der Waals surface area contributed by atoms with E-state index in [1.54, 1.807) is 28.4 Å². The Labute approximate surface area is 528 Å². The number of aliphatic hydroxyl groups is 2.